The summed E-state index contributed by atoms with van der Waals surface area (Å²) in [6.07, 6.45) is 2.98. The molecule has 29 heavy (non-hydrogen) atoms. The van der Waals surface area contributed by atoms with Crippen LogP contribution in [0.4, 0.5) is 5.69 Å². The number of anilines is 1. The fourth-order valence-electron chi connectivity index (χ4n) is 3.03. The lowest BCUT2D eigenvalue weighted by Gasteiger charge is -2.13. The number of nitrogens with one attached hydrogen (secondary N) is 1. The number of aromatic nitrogens is 2. The molecule has 0 saturated carbocycles. The van der Waals surface area contributed by atoms with Crippen molar-refractivity contribution in [2.75, 3.05) is 11.1 Å². The molecule has 1 aromatic heterocycles. The number of aryl methyl sites for hydroxylation is 1. The second-order valence-electron chi connectivity index (χ2n) is 6.87. The monoisotopic (exact) mass is 429 g/mol. The predicted molar refractivity (Wildman–Crippen MR) is 121 cm³/mol. The van der Waals surface area contributed by atoms with Crippen LogP contribution >= 0.6 is 23.4 Å². The molecule has 0 aliphatic rings. The Labute approximate surface area is 179 Å². The Balaban J connectivity index is 1.84. The third-order valence-electron chi connectivity index (χ3n) is 4.62. The van der Waals surface area contributed by atoms with Crippen LogP contribution < -0.4 is 10.9 Å². The Hall–Kier alpha value is -2.31. The van der Waals surface area contributed by atoms with Gasteiger partial charge in [0, 0.05) is 17.3 Å². The molecule has 3 aromatic rings. The molecule has 0 unspecified atom stereocenters. The van der Waals surface area contributed by atoms with Crippen LogP contribution in [0.25, 0.3) is 10.9 Å². The van der Waals surface area contributed by atoms with E-state index in [-0.39, 0.29) is 17.2 Å². The molecular formula is C22H24ClN3O2S. The van der Waals surface area contributed by atoms with Gasteiger partial charge in [-0.2, -0.15) is 0 Å². The minimum atomic E-state index is -0.134. The molecule has 7 heteroatoms. The van der Waals surface area contributed by atoms with Crippen LogP contribution in [0.15, 0.2) is 52.4 Å². The molecule has 0 saturated heterocycles. The highest BCUT2D eigenvalue weighted by Gasteiger charge is 2.14. The number of rotatable bonds is 8. The third-order valence-corrected chi connectivity index (χ3v) is 5.83. The zero-order valence-corrected chi connectivity index (χ0v) is 18.1. The summed E-state index contributed by atoms with van der Waals surface area (Å²) in [6, 6.07) is 12.7. The van der Waals surface area contributed by atoms with Crippen molar-refractivity contribution in [3.8, 4) is 0 Å². The highest BCUT2D eigenvalue weighted by atomic mass is 35.5. The summed E-state index contributed by atoms with van der Waals surface area (Å²) < 4.78 is 1.68. The largest absolute Gasteiger partial charge is 0.325 e. The number of halogens is 1. The first-order valence-electron chi connectivity index (χ1n) is 9.68. The fraction of sp³-hybridized carbons (Fsp3) is 0.318. The van der Waals surface area contributed by atoms with Gasteiger partial charge in [-0.3, -0.25) is 14.2 Å². The molecule has 2 aromatic carbocycles. The Kier molecular flexibility index (Phi) is 7.34. The number of nitrogens with zero attached hydrogens (tertiary/aromatic N) is 2. The van der Waals surface area contributed by atoms with E-state index < -0.39 is 0 Å². The molecule has 0 bridgehead atoms. The Morgan fingerprint density at radius 1 is 1.21 bits per heavy atom. The number of thioether (sulfide) groups is 1. The van der Waals surface area contributed by atoms with E-state index in [0.29, 0.717) is 27.6 Å². The molecule has 3 rings (SSSR count). The van der Waals surface area contributed by atoms with Crippen LogP contribution in [0.5, 0.6) is 0 Å². The smallest absolute Gasteiger partial charge is 0.262 e. The molecule has 1 heterocycles. The maximum absolute atomic E-state index is 13.0. The minimum absolute atomic E-state index is 0.0930. The number of para-hydroxylation sites is 1. The average Bonchev–Trinajstić information content (AvgIpc) is 2.70. The number of hydrogen-bond acceptors (Lipinski definition) is 4. The highest BCUT2D eigenvalue weighted by molar-refractivity contribution is 7.99. The number of amides is 1. The number of unbranched alkanes of at least 4 members (excludes halogenated alkanes) is 2. The average molecular weight is 430 g/mol. The highest BCUT2D eigenvalue weighted by Crippen LogP contribution is 2.22. The van der Waals surface area contributed by atoms with Crippen LogP contribution in [0, 0.1) is 6.92 Å². The third kappa shape index (κ3) is 5.40. The summed E-state index contributed by atoms with van der Waals surface area (Å²) in [4.78, 5) is 30.1. The second kappa shape index (κ2) is 9.94. The van der Waals surface area contributed by atoms with Crippen molar-refractivity contribution in [3.05, 3.63) is 63.4 Å². The molecule has 1 N–H and O–H groups in total. The maximum Gasteiger partial charge on any atom is 0.262 e. The molecule has 0 aliphatic carbocycles. The maximum atomic E-state index is 13.0. The van der Waals surface area contributed by atoms with E-state index in [1.807, 2.05) is 31.2 Å². The molecule has 0 atom stereocenters. The Morgan fingerprint density at radius 2 is 2.00 bits per heavy atom. The number of carbonyl (C=O) groups is 1. The lowest BCUT2D eigenvalue weighted by atomic mass is 10.2. The quantitative estimate of drug-likeness (QED) is 0.300. The normalized spacial score (nSPS) is 11.0. The van der Waals surface area contributed by atoms with Crippen molar-refractivity contribution < 1.29 is 4.79 Å². The summed E-state index contributed by atoms with van der Waals surface area (Å²) >= 11 is 7.35. The van der Waals surface area contributed by atoms with Crippen LogP contribution in [0.3, 0.4) is 0 Å². The first-order chi connectivity index (χ1) is 14.0. The van der Waals surface area contributed by atoms with Gasteiger partial charge in [0.05, 0.1) is 16.7 Å². The van der Waals surface area contributed by atoms with Crippen molar-refractivity contribution in [2.45, 2.75) is 44.8 Å². The van der Waals surface area contributed by atoms with E-state index >= 15 is 0 Å². The summed E-state index contributed by atoms with van der Waals surface area (Å²) in [7, 11) is 0. The lowest BCUT2D eigenvalue weighted by Crippen LogP contribution is -2.24. The standard InChI is InChI=1S/C22H24ClN3O2S/c1-3-4-7-12-26-21(28)17-11-10-16(23)13-19(17)25-22(26)29-14-20(27)24-18-9-6-5-8-15(18)2/h5-6,8-11,13H,3-4,7,12,14H2,1-2H3,(H,24,27). The van der Waals surface area contributed by atoms with Gasteiger partial charge in [-0.25, -0.2) is 4.98 Å². The van der Waals surface area contributed by atoms with Crippen molar-refractivity contribution in [1.82, 2.24) is 9.55 Å². The molecule has 152 valence electrons. The molecule has 1 amide bonds. The second-order valence-corrected chi connectivity index (χ2v) is 8.25. The molecular weight excluding hydrogens is 406 g/mol. The summed E-state index contributed by atoms with van der Waals surface area (Å²) in [5.74, 6) is 0.0329. The Morgan fingerprint density at radius 3 is 2.76 bits per heavy atom. The summed E-state index contributed by atoms with van der Waals surface area (Å²) in [5, 5.41) is 4.53. The van der Waals surface area contributed by atoms with Gasteiger partial charge in [0.2, 0.25) is 5.91 Å². The van der Waals surface area contributed by atoms with Gasteiger partial charge in [0.1, 0.15) is 0 Å². The SMILES string of the molecule is CCCCCn1c(SCC(=O)Nc2ccccc2C)nc2cc(Cl)ccc2c1=O. The van der Waals surface area contributed by atoms with Gasteiger partial charge < -0.3 is 5.32 Å². The summed E-state index contributed by atoms with van der Waals surface area (Å²) in [5.41, 5.74) is 2.25. The number of fused-ring (bicyclic) bond motifs is 1. The zero-order chi connectivity index (χ0) is 20.8. The molecule has 0 aliphatic heterocycles. The molecule has 0 radical (unpaired) electrons. The van der Waals surface area contributed by atoms with Gasteiger partial charge in [-0.1, -0.05) is 61.3 Å². The van der Waals surface area contributed by atoms with Crippen molar-refractivity contribution in [2.24, 2.45) is 0 Å². The van der Waals surface area contributed by atoms with Gasteiger partial charge in [0.25, 0.3) is 5.56 Å². The van der Waals surface area contributed by atoms with E-state index in [9.17, 15) is 9.59 Å². The van der Waals surface area contributed by atoms with Crippen LogP contribution in [0.1, 0.15) is 31.7 Å². The summed E-state index contributed by atoms with van der Waals surface area (Å²) in [6.45, 7) is 4.65. The fourth-order valence-corrected chi connectivity index (χ4v) is 4.02. The molecule has 0 spiro atoms. The van der Waals surface area contributed by atoms with Crippen LogP contribution in [0.2, 0.25) is 5.02 Å². The van der Waals surface area contributed by atoms with E-state index in [1.54, 1.807) is 22.8 Å². The number of hydrogen-bond donors (Lipinski definition) is 1. The topological polar surface area (TPSA) is 64.0 Å². The zero-order valence-electron chi connectivity index (χ0n) is 16.6. The van der Waals surface area contributed by atoms with Gasteiger partial charge in [-0.15, -0.1) is 0 Å². The van der Waals surface area contributed by atoms with Crippen molar-refractivity contribution in [3.63, 3.8) is 0 Å². The van der Waals surface area contributed by atoms with Crippen LogP contribution in [-0.2, 0) is 11.3 Å². The van der Waals surface area contributed by atoms with Crippen LogP contribution in [-0.4, -0.2) is 21.2 Å². The minimum Gasteiger partial charge on any atom is -0.325 e. The van der Waals surface area contributed by atoms with Gasteiger partial charge in [-0.05, 0) is 43.2 Å². The van der Waals surface area contributed by atoms with E-state index in [2.05, 4.69) is 17.2 Å². The Bertz CT molecular complexity index is 1080. The van der Waals surface area contributed by atoms with Gasteiger partial charge in [0.15, 0.2) is 5.16 Å². The van der Waals surface area contributed by atoms with E-state index in [4.69, 9.17) is 11.6 Å². The van der Waals surface area contributed by atoms with E-state index in [1.165, 1.54) is 11.8 Å². The lowest BCUT2D eigenvalue weighted by molar-refractivity contribution is -0.113. The first-order valence-corrected chi connectivity index (χ1v) is 11.0. The van der Waals surface area contributed by atoms with Crippen molar-refractivity contribution in [1.29, 1.82) is 0 Å². The molecule has 0 fully saturated rings. The van der Waals surface area contributed by atoms with Crippen molar-refractivity contribution >= 4 is 45.9 Å². The number of carbonyl (C=O) groups excluding carboxylic acids is 1. The van der Waals surface area contributed by atoms with E-state index in [0.717, 1.165) is 30.5 Å². The van der Waals surface area contributed by atoms with Gasteiger partial charge >= 0.3 is 0 Å². The number of benzene rings is 2. The predicted octanol–water partition coefficient (Wildman–Crippen LogP) is 5.28. The molecule has 5 nitrogen and oxygen atoms in total. The first kappa shape index (κ1) is 21.4.